The summed E-state index contributed by atoms with van der Waals surface area (Å²) in [5.41, 5.74) is 6.95. The van der Waals surface area contributed by atoms with E-state index in [1.54, 1.807) is 0 Å². The molecule has 0 aliphatic carbocycles. The molecule has 0 amide bonds. The molecular weight excluding hydrogens is 343 g/mol. The van der Waals surface area contributed by atoms with Gasteiger partial charge in [0, 0.05) is 13.2 Å². The standard InChI is InChI=1S/C4H13NO6Si3.Ru/c1-9-14(10-12-6,4-2-3-5)11-13(7)8;/h5-8H,2-4H2,1H3;/q-1;+1. The van der Waals surface area contributed by atoms with E-state index in [1.165, 1.54) is 7.11 Å². The van der Waals surface area contributed by atoms with Crippen molar-refractivity contribution >= 4 is 28.3 Å². The molecule has 7 nitrogen and oxygen atoms in total. The molecule has 0 saturated carbocycles. The largest absolute Gasteiger partial charge is 1.00 e. The fourth-order valence-corrected chi connectivity index (χ4v) is 5.33. The zero-order valence-corrected chi connectivity index (χ0v) is 12.8. The van der Waals surface area contributed by atoms with E-state index in [2.05, 4.69) is 0 Å². The minimum Gasteiger partial charge on any atom is -0.677 e. The van der Waals surface area contributed by atoms with Gasteiger partial charge in [-0.3, -0.25) is 0 Å². The van der Waals surface area contributed by atoms with Gasteiger partial charge < -0.3 is 32.8 Å². The average Bonchev–Trinajstić information content (AvgIpc) is 2.14. The first-order chi connectivity index (χ1) is 6.60. The minimum atomic E-state index is -3.17. The molecule has 0 fully saturated rings. The van der Waals surface area contributed by atoms with E-state index in [0.717, 1.165) is 0 Å². The van der Waals surface area contributed by atoms with Crippen molar-refractivity contribution in [2.24, 2.45) is 0 Å². The first-order valence-electron chi connectivity index (χ1n) is 3.81. The summed E-state index contributed by atoms with van der Waals surface area (Å²) >= 11 is 0. The Labute approximate surface area is 107 Å². The first kappa shape index (κ1) is 18.4. The Morgan fingerprint density at radius 1 is 1.47 bits per heavy atom. The molecule has 0 aromatic heterocycles. The Morgan fingerprint density at radius 2 is 2.07 bits per heavy atom. The molecule has 0 heterocycles. The maximum absolute atomic E-state index is 8.73. The van der Waals surface area contributed by atoms with Crippen molar-refractivity contribution in [3.63, 3.8) is 0 Å². The molecule has 0 bridgehead atoms. The van der Waals surface area contributed by atoms with Gasteiger partial charge in [-0.05, 0) is 0 Å². The Bertz CT molecular complexity index is 156. The Hall–Kier alpha value is 0.994. The molecule has 0 aromatic carbocycles. The van der Waals surface area contributed by atoms with Gasteiger partial charge in [0.05, 0.1) is 0 Å². The summed E-state index contributed by atoms with van der Waals surface area (Å²) in [7, 11) is -5.59. The summed E-state index contributed by atoms with van der Waals surface area (Å²) in [6.07, 6.45) is 0.458. The quantitative estimate of drug-likeness (QED) is 0.458. The van der Waals surface area contributed by atoms with Crippen LogP contribution in [0.5, 0.6) is 0 Å². The molecule has 0 aromatic rings. The van der Waals surface area contributed by atoms with Crippen molar-refractivity contribution in [2.75, 3.05) is 13.7 Å². The first-order valence-corrected chi connectivity index (χ1v) is 7.90. The third-order valence-electron chi connectivity index (χ3n) is 1.42. The van der Waals surface area contributed by atoms with E-state index < -0.39 is 28.3 Å². The minimum absolute atomic E-state index is 0. The van der Waals surface area contributed by atoms with Crippen molar-refractivity contribution in [2.45, 2.75) is 12.5 Å². The molecule has 0 aliphatic rings. The van der Waals surface area contributed by atoms with Gasteiger partial charge in [0.15, 0.2) is 0 Å². The smallest absolute Gasteiger partial charge is 0.677 e. The maximum atomic E-state index is 8.73. The fraction of sp³-hybridized carbons (Fsp3) is 1.00. The third kappa shape index (κ3) is 7.82. The second kappa shape index (κ2) is 10.2. The predicted octanol–water partition coefficient (Wildman–Crippen LogP) is -1.46. The van der Waals surface area contributed by atoms with Crippen LogP contribution in [0.15, 0.2) is 0 Å². The van der Waals surface area contributed by atoms with Crippen molar-refractivity contribution in [3.05, 3.63) is 5.73 Å². The van der Waals surface area contributed by atoms with Crippen LogP contribution in [0, 0.1) is 0 Å². The average molecular weight is 356 g/mol. The molecule has 15 heavy (non-hydrogen) atoms. The van der Waals surface area contributed by atoms with Gasteiger partial charge in [0.1, 0.15) is 0 Å². The molecule has 90 valence electrons. The van der Waals surface area contributed by atoms with Crippen LogP contribution >= 0.6 is 0 Å². The summed E-state index contributed by atoms with van der Waals surface area (Å²) < 4.78 is 14.6. The second-order valence-electron chi connectivity index (χ2n) is 2.32. The number of rotatable bonds is 8. The molecule has 0 saturated heterocycles. The van der Waals surface area contributed by atoms with E-state index in [1.807, 2.05) is 0 Å². The predicted molar refractivity (Wildman–Crippen MR) is 51.7 cm³/mol. The van der Waals surface area contributed by atoms with Gasteiger partial charge in [-0.1, -0.05) is 6.42 Å². The zero-order valence-electron chi connectivity index (χ0n) is 8.04. The van der Waals surface area contributed by atoms with Crippen LogP contribution < -0.4 is 0 Å². The van der Waals surface area contributed by atoms with Crippen LogP contribution in [-0.2, 0) is 32.1 Å². The van der Waals surface area contributed by atoms with E-state index in [9.17, 15) is 0 Å². The van der Waals surface area contributed by atoms with Gasteiger partial charge in [0.2, 0.25) is 0 Å². The molecular formula is C4H13NO6RuSi3. The summed E-state index contributed by atoms with van der Waals surface area (Å²) in [5, 5.41) is 0. The Kier molecular flexibility index (Phi) is 12.4. The molecule has 4 radical (unpaired) electrons. The van der Waals surface area contributed by atoms with Gasteiger partial charge in [-0.15, -0.1) is 0 Å². The molecule has 0 spiro atoms. The zero-order chi connectivity index (χ0) is 11.0. The van der Waals surface area contributed by atoms with Crippen molar-refractivity contribution in [1.82, 2.24) is 0 Å². The van der Waals surface area contributed by atoms with E-state index >= 15 is 0 Å². The van der Waals surface area contributed by atoms with Gasteiger partial charge in [0.25, 0.3) is 0 Å². The van der Waals surface area contributed by atoms with E-state index in [4.69, 9.17) is 32.8 Å². The monoisotopic (exact) mass is 357 g/mol. The van der Waals surface area contributed by atoms with Crippen LogP contribution in [0.25, 0.3) is 5.73 Å². The summed E-state index contributed by atoms with van der Waals surface area (Å²) in [6.45, 7) is 0.165. The molecule has 11 heteroatoms. The van der Waals surface area contributed by atoms with E-state index in [-0.39, 0.29) is 32.1 Å². The van der Waals surface area contributed by atoms with Gasteiger partial charge >= 0.3 is 47.8 Å². The summed E-state index contributed by atoms with van der Waals surface area (Å²) in [6, 6.07) is 0.288. The molecule has 4 N–H and O–H groups in total. The van der Waals surface area contributed by atoms with Gasteiger partial charge in [-0.2, -0.15) is 6.54 Å². The number of hydrogen-bond donors (Lipinski definition) is 3. The fourth-order valence-electron chi connectivity index (χ4n) is 0.822. The summed E-state index contributed by atoms with van der Waals surface area (Å²) in [4.78, 5) is 26.1. The van der Waals surface area contributed by atoms with Crippen LogP contribution in [0.2, 0.25) is 6.04 Å². The number of hydrogen-bond acceptors (Lipinski definition) is 6. The van der Waals surface area contributed by atoms with Crippen LogP contribution in [0.4, 0.5) is 0 Å². The van der Waals surface area contributed by atoms with Gasteiger partial charge in [-0.25, -0.2) is 0 Å². The van der Waals surface area contributed by atoms with E-state index in [0.29, 0.717) is 6.42 Å². The topological polar surface area (TPSA) is 112 Å². The van der Waals surface area contributed by atoms with Crippen molar-refractivity contribution < 1.29 is 46.5 Å². The second-order valence-corrected chi connectivity index (χ2v) is 6.97. The molecule has 1 unspecified atom stereocenters. The van der Waals surface area contributed by atoms with Crippen LogP contribution in [0.3, 0.4) is 0 Å². The molecule has 0 aliphatic heterocycles. The van der Waals surface area contributed by atoms with Crippen LogP contribution in [0.1, 0.15) is 6.42 Å². The van der Waals surface area contributed by atoms with Crippen LogP contribution in [-0.4, -0.2) is 56.4 Å². The maximum Gasteiger partial charge on any atom is 1.00 e. The van der Waals surface area contributed by atoms with Crippen molar-refractivity contribution in [1.29, 1.82) is 0 Å². The summed E-state index contributed by atoms with van der Waals surface area (Å²) in [5.74, 6) is 0. The third-order valence-corrected chi connectivity index (χ3v) is 6.59. The Morgan fingerprint density at radius 3 is 2.40 bits per heavy atom. The van der Waals surface area contributed by atoms with Crippen molar-refractivity contribution in [3.8, 4) is 0 Å². The number of nitrogens with one attached hydrogen (secondary N) is 1. The normalized spacial score (nSPS) is 14.8. The Balaban J connectivity index is 0. The SMILES string of the molecule is CO[Si](CCC[NH-])(O[Si]O)O[Si](O)O.[Ru+]. The molecule has 1 atom stereocenters. The molecule has 0 rings (SSSR count).